The molecule has 2 aliphatic rings. The third-order valence-corrected chi connectivity index (χ3v) is 5.94. The molecule has 0 aliphatic heterocycles. The van der Waals surface area contributed by atoms with E-state index in [0.29, 0.717) is 17.4 Å². The number of aliphatic hydroxyl groups is 1. The highest BCUT2D eigenvalue weighted by atomic mass is 16.5. The molecule has 2 fully saturated rings. The summed E-state index contributed by atoms with van der Waals surface area (Å²) in [5, 5.41) is 9.71. The van der Waals surface area contributed by atoms with Crippen LogP contribution in [-0.4, -0.2) is 23.9 Å². The molecule has 0 aromatic heterocycles. The van der Waals surface area contributed by atoms with Crippen LogP contribution in [0.25, 0.3) is 0 Å². The van der Waals surface area contributed by atoms with Gasteiger partial charge in [0, 0.05) is 13.5 Å². The quantitative estimate of drug-likeness (QED) is 0.796. The molecule has 21 heavy (non-hydrogen) atoms. The first-order valence-corrected chi connectivity index (χ1v) is 8.53. The average molecular weight is 292 g/mol. The number of fused-ring (bicyclic) bond motifs is 1. The molecule has 0 aromatic carbocycles. The lowest BCUT2D eigenvalue weighted by atomic mass is 9.61. The van der Waals surface area contributed by atoms with Gasteiger partial charge in [0.1, 0.15) is 5.60 Å². The zero-order valence-corrected chi connectivity index (χ0v) is 14.4. The van der Waals surface area contributed by atoms with Gasteiger partial charge in [0.25, 0.3) is 0 Å². The molecule has 0 bridgehead atoms. The monoisotopic (exact) mass is 292 g/mol. The molecule has 120 valence electrons. The number of methoxy groups -OCH3 is 1. The van der Waals surface area contributed by atoms with E-state index in [1.54, 1.807) is 13.8 Å². The van der Waals surface area contributed by atoms with E-state index >= 15 is 0 Å². The summed E-state index contributed by atoms with van der Waals surface area (Å²) in [5.74, 6) is 8.25. The van der Waals surface area contributed by atoms with E-state index in [1.165, 1.54) is 32.1 Å². The lowest BCUT2D eigenvalue weighted by Crippen LogP contribution is -2.42. The molecule has 0 saturated heterocycles. The van der Waals surface area contributed by atoms with E-state index in [9.17, 15) is 5.11 Å². The molecule has 2 rings (SSSR count). The molecule has 0 radical (unpaired) electrons. The van der Waals surface area contributed by atoms with Gasteiger partial charge in [-0.2, -0.15) is 0 Å². The van der Waals surface area contributed by atoms with Crippen LogP contribution in [0.5, 0.6) is 0 Å². The van der Waals surface area contributed by atoms with E-state index in [2.05, 4.69) is 25.7 Å². The fourth-order valence-electron chi connectivity index (χ4n) is 4.95. The van der Waals surface area contributed by atoms with Gasteiger partial charge in [-0.1, -0.05) is 26.2 Å². The van der Waals surface area contributed by atoms with Crippen LogP contribution >= 0.6 is 0 Å². The molecule has 2 nitrogen and oxygen atoms in total. The minimum atomic E-state index is -0.867. The minimum Gasteiger partial charge on any atom is -0.381 e. The highest BCUT2D eigenvalue weighted by Crippen LogP contribution is 2.58. The zero-order valence-electron chi connectivity index (χ0n) is 14.4. The predicted molar refractivity (Wildman–Crippen MR) is 86.8 cm³/mol. The summed E-state index contributed by atoms with van der Waals surface area (Å²) in [4.78, 5) is 0. The molecule has 3 unspecified atom stereocenters. The van der Waals surface area contributed by atoms with Crippen LogP contribution in [0.1, 0.15) is 66.2 Å². The molecule has 2 heteroatoms. The summed E-state index contributed by atoms with van der Waals surface area (Å²) < 4.78 is 5.76. The van der Waals surface area contributed by atoms with Crippen LogP contribution in [0.15, 0.2) is 0 Å². The largest absolute Gasteiger partial charge is 0.381 e. The van der Waals surface area contributed by atoms with E-state index in [0.717, 1.165) is 18.3 Å². The fraction of sp³-hybridized carbons (Fsp3) is 0.895. The summed E-state index contributed by atoms with van der Waals surface area (Å²) in [6.45, 7) is 8.33. The summed E-state index contributed by atoms with van der Waals surface area (Å²) in [6.07, 6.45) is 7.85. The van der Waals surface area contributed by atoms with Crippen LogP contribution in [-0.2, 0) is 4.74 Å². The van der Waals surface area contributed by atoms with Crippen LogP contribution < -0.4 is 0 Å². The lowest BCUT2D eigenvalue weighted by molar-refractivity contribution is -0.0493. The molecule has 0 amide bonds. The Morgan fingerprint density at radius 3 is 2.67 bits per heavy atom. The molecule has 5 atom stereocenters. The predicted octanol–water partition coefficient (Wildman–Crippen LogP) is 4.02. The Kier molecular flexibility index (Phi) is 5.06. The maximum absolute atomic E-state index is 9.71. The van der Waals surface area contributed by atoms with Crippen LogP contribution in [0.4, 0.5) is 0 Å². The van der Waals surface area contributed by atoms with E-state index in [1.807, 2.05) is 7.11 Å². The van der Waals surface area contributed by atoms with E-state index in [4.69, 9.17) is 4.74 Å². The normalized spacial score (nSPS) is 37.5. The third-order valence-electron chi connectivity index (χ3n) is 5.94. The number of rotatable bonds is 3. The van der Waals surface area contributed by atoms with Gasteiger partial charge >= 0.3 is 0 Å². The van der Waals surface area contributed by atoms with Crippen molar-refractivity contribution >= 4 is 0 Å². The molecule has 0 heterocycles. The number of hydrogen-bond donors (Lipinski definition) is 1. The molecular formula is C19H32O2. The Labute approximate surface area is 130 Å². The Bertz CT molecular complexity index is 412. The Morgan fingerprint density at radius 2 is 2.05 bits per heavy atom. The SMILES string of the molecule is COC1CCC[C@@]2(C)C1CC[C@@H]2C(C)CC#CC(C)(C)O. The van der Waals surface area contributed by atoms with E-state index < -0.39 is 5.60 Å². The molecule has 0 aromatic rings. The summed E-state index contributed by atoms with van der Waals surface area (Å²) >= 11 is 0. The zero-order chi connectivity index (χ0) is 15.7. The third kappa shape index (κ3) is 3.63. The second kappa shape index (κ2) is 6.31. The molecule has 1 N–H and O–H groups in total. The van der Waals surface area contributed by atoms with Gasteiger partial charge < -0.3 is 9.84 Å². The maximum atomic E-state index is 9.71. The maximum Gasteiger partial charge on any atom is 0.119 e. The highest BCUT2D eigenvalue weighted by Gasteiger charge is 2.52. The number of hydrogen-bond acceptors (Lipinski definition) is 2. The van der Waals surface area contributed by atoms with Gasteiger partial charge in [-0.25, -0.2) is 0 Å². The van der Waals surface area contributed by atoms with Crippen molar-refractivity contribution in [3.63, 3.8) is 0 Å². The van der Waals surface area contributed by atoms with Crippen molar-refractivity contribution in [3.8, 4) is 11.8 Å². The first-order chi connectivity index (χ1) is 9.78. The van der Waals surface area contributed by atoms with Crippen molar-refractivity contribution < 1.29 is 9.84 Å². The summed E-state index contributed by atoms with van der Waals surface area (Å²) in [7, 11) is 1.88. The highest BCUT2D eigenvalue weighted by molar-refractivity contribution is 5.11. The molecule has 2 saturated carbocycles. The second-order valence-electron chi connectivity index (χ2n) is 8.00. The van der Waals surface area contributed by atoms with Gasteiger partial charge in [0.2, 0.25) is 0 Å². The lowest BCUT2D eigenvalue weighted by Gasteiger charge is -2.46. The van der Waals surface area contributed by atoms with Gasteiger partial charge in [-0.05, 0) is 62.7 Å². The fourth-order valence-corrected chi connectivity index (χ4v) is 4.95. The molecular weight excluding hydrogens is 260 g/mol. The first kappa shape index (κ1) is 16.8. The van der Waals surface area contributed by atoms with Crippen LogP contribution in [0.3, 0.4) is 0 Å². The summed E-state index contributed by atoms with van der Waals surface area (Å²) in [5.41, 5.74) is -0.442. The Morgan fingerprint density at radius 1 is 1.33 bits per heavy atom. The van der Waals surface area contributed by atoms with Gasteiger partial charge in [0.15, 0.2) is 0 Å². The average Bonchev–Trinajstić information content (AvgIpc) is 2.73. The Hall–Kier alpha value is -0.520. The smallest absolute Gasteiger partial charge is 0.119 e. The second-order valence-corrected chi connectivity index (χ2v) is 8.00. The van der Waals surface area contributed by atoms with Crippen molar-refractivity contribution in [2.24, 2.45) is 23.2 Å². The minimum absolute atomic E-state index is 0.425. The Balaban J connectivity index is 2.05. The summed E-state index contributed by atoms with van der Waals surface area (Å²) in [6, 6.07) is 0. The van der Waals surface area contributed by atoms with Crippen molar-refractivity contribution in [2.45, 2.75) is 77.9 Å². The standard InChI is InChI=1S/C19H32O2/c1-14(8-6-12-18(2,3)20)15-10-11-16-17(21-5)9-7-13-19(15,16)4/h14-17,20H,7-11,13H2,1-5H3/t14?,15-,16?,17?,19-/m1/s1. The van der Waals surface area contributed by atoms with Crippen molar-refractivity contribution in [1.29, 1.82) is 0 Å². The van der Waals surface area contributed by atoms with Gasteiger partial charge in [-0.15, -0.1) is 5.92 Å². The molecule has 2 aliphatic carbocycles. The van der Waals surface area contributed by atoms with Gasteiger partial charge in [0.05, 0.1) is 6.10 Å². The topological polar surface area (TPSA) is 29.5 Å². The van der Waals surface area contributed by atoms with Crippen molar-refractivity contribution in [1.82, 2.24) is 0 Å². The van der Waals surface area contributed by atoms with Crippen molar-refractivity contribution in [3.05, 3.63) is 0 Å². The first-order valence-electron chi connectivity index (χ1n) is 8.53. The van der Waals surface area contributed by atoms with Crippen LogP contribution in [0.2, 0.25) is 0 Å². The molecule has 0 spiro atoms. The van der Waals surface area contributed by atoms with E-state index in [-0.39, 0.29) is 0 Å². The van der Waals surface area contributed by atoms with Crippen molar-refractivity contribution in [2.75, 3.05) is 7.11 Å². The number of ether oxygens (including phenoxy) is 1. The van der Waals surface area contributed by atoms with Crippen LogP contribution in [0, 0.1) is 35.0 Å². The van der Waals surface area contributed by atoms with Gasteiger partial charge in [-0.3, -0.25) is 0 Å².